The van der Waals surface area contributed by atoms with Gasteiger partial charge in [-0.25, -0.2) is 0 Å². The quantitative estimate of drug-likeness (QED) is 0.510. The lowest BCUT2D eigenvalue weighted by Gasteiger charge is -2.29. The predicted molar refractivity (Wildman–Crippen MR) is 64.0 cm³/mol. The van der Waals surface area contributed by atoms with Gasteiger partial charge in [-0.1, -0.05) is 29.5 Å². The van der Waals surface area contributed by atoms with Gasteiger partial charge in [-0.05, 0) is 61.2 Å². The molecule has 0 N–H and O–H groups in total. The minimum atomic E-state index is 1.06. The van der Waals surface area contributed by atoms with Crippen LogP contribution in [-0.2, 0) is 0 Å². The summed E-state index contributed by atoms with van der Waals surface area (Å²) >= 11 is 2.62. The predicted octanol–water partition coefficient (Wildman–Crippen LogP) is 3.74. The second-order valence-corrected chi connectivity index (χ2v) is 6.50. The zero-order valence-electron chi connectivity index (χ0n) is 8.38. The molecule has 0 saturated heterocycles. The Morgan fingerprint density at radius 3 is 2.46 bits per heavy atom. The summed E-state index contributed by atoms with van der Waals surface area (Å²) in [6, 6.07) is 0. The van der Waals surface area contributed by atoms with Crippen LogP contribution in [0, 0.1) is 35.5 Å². The van der Waals surface area contributed by atoms with E-state index >= 15 is 0 Å². The zero-order valence-corrected chi connectivity index (χ0v) is 10.5. The lowest BCUT2D eigenvalue weighted by Crippen LogP contribution is -2.24. The molecule has 0 radical (unpaired) electrons. The van der Waals surface area contributed by atoms with Gasteiger partial charge in [-0.15, -0.1) is 0 Å². The Labute approximate surface area is 95.0 Å². The molecule has 0 nitrogen and oxygen atoms in total. The highest BCUT2D eigenvalue weighted by Gasteiger charge is 2.55. The van der Waals surface area contributed by atoms with Crippen molar-refractivity contribution in [2.75, 3.05) is 4.43 Å². The molecule has 0 heterocycles. The van der Waals surface area contributed by atoms with Gasteiger partial charge in [0.2, 0.25) is 0 Å². The normalized spacial score (nSPS) is 58.6. The highest BCUT2D eigenvalue weighted by molar-refractivity contribution is 14.1. The molecule has 6 unspecified atom stereocenters. The summed E-state index contributed by atoms with van der Waals surface area (Å²) in [4.78, 5) is 0. The van der Waals surface area contributed by atoms with Gasteiger partial charge in [-0.3, -0.25) is 0 Å². The Kier molecular flexibility index (Phi) is 2.15. The van der Waals surface area contributed by atoms with Crippen molar-refractivity contribution in [3.8, 4) is 0 Å². The van der Waals surface area contributed by atoms with Gasteiger partial charge in [0.25, 0.3) is 0 Å². The fourth-order valence-electron chi connectivity index (χ4n) is 4.88. The largest absolute Gasteiger partial charge is 0.0861 e. The van der Waals surface area contributed by atoms with Crippen LogP contribution >= 0.6 is 22.6 Å². The maximum Gasteiger partial charge on any atom is 0.00266 e. The monoisotopic (exact) mass is 290 g/mol. The van der Waals surface area contributed by atoms with E-state index in [2.05, 4.69) is 29.5 Å². The first-order valence-corrected chi connectivity index (χ1v) is 7.39. The zero-order chi connectivity index (χ0) is 9.00. The molecule has 1 heteroatoms. The van der Waals surface area contributed by atoms with Gasteiger partial charge in [-0.2, -0.15) is 0 Å². The Bertz CT molecular complexity index is 213. The SMILES string of the molecule is CC1CC(CI)C2C3CCC(C3)C12. The Morgan fingerprint density at radius 1 is 1.08 bits per heavy atom. The van der Waals surface area contributed by atoms with Gasteiger partial charge in [0.15, 0.2) is 0 Å². The highest BCUT2D eigenvalue weighted by Crippen LogP contribution is 2.62. The molecule has 0 aromatic heterocycles. The van der Waals surface area contributed by atoms with Gasteiger partial charge in [0, 0.05) is 4.43 Å². The van der Waals surface area contributed by atoms with E-state index in [-0.39, 0.29) is 0 Å². The minimum absolute atomic E-state index is 1.06. The van der Waals surface area contributed by atoms with Crippen molar-refractivity contribution in [3.05, 3.63) is 0 Å². The maximum atomic E-state index is 2.62. The first kappa shape index (κ1) is 8.99. The summed E-state index contributed by atoms with van der Waals surface area (Å²) in [7, 11) is 0. The Balaban J connectivity index is 1.88. The van der Waals surface area contributed by atoms with Crippen LogP contribution in [0.4, 0.5) is 0 Å². The average Bonchev–Trinajstić information content (AvgIpc) is 2.76. The Morgan fingerprint density at radius 2 is 1.77 bits per heavy atom. The van der Waals surface area contributed by atoms with Crippen molar-refractivity contribution < 1.29 is 0 Å². The summed E-state index contributed by atoms with van der Waals surface area (Å²) in [6.45, 7) is 2.52. The minimum Gasteiger partial charge on any atom is -0.0861 e. The van der Waals surface area contributed by atoms with Crippen molar-refractivity contribution in [2.24, 2.45) is 35.5 Å². The van der Waals surface area contributed by atoms with Crippen molar-refractivity contribution in [1.29, 1.82) is 0 Å². The van der Waals surface area contributed by atoms with E-state index < -0.39 is 0 Å². The summed E-state index contributed by atoms with van der Waals surface area (Å²) in [5.74, 6) is 6.76. The van der Waals surface area contributed by atoms with Crippen LogP contribution in [-0.4, -0.2) is 4.43 Å². The van der Waals surface area contributed by atoms with Crippen LogP contribution in [0.3, 0.4) is 0 Å². The standard InChI is InChI=1S/C12H19I/c1-7-4-10(6-13)12-9-3-2-8(5-9)11(7)12/h7-12H,2-6H2,1H3. The van der Waals surface area contributed by atoms with E-state index in [1.807, 2.05) is 0 Å². The second kappa shape index (κ2) is 3.11. The van der Waals surface area contributed by atoms with Gasteiger partial charge in [0.1, 0.15) is 0 Å². The summed E-state index contributed by atoms with van der Waals surface area (Å²) in [5, 5.41) is 0. The van der Waals surface area contributed by atoms with Crippen LogP contribution in [0.15, 0.2) is 0 Å². The third kappa shape index (κ3) is 1.15. The number of hydrogen-bond donors (Lipinski definition) is 0. The van der Waals surface area contributed by atoms with E-state index in [1.54, 1.807) is 25.7 Å². The number of fused-ring (bicyclic) bond motifs is 5. The molecule has 0 amide bonds. The van der Waals surface area contributed by atoms with E-state index in [1.165, 1.54) is 4.43 Å². The molecule has 3 rings (SSSR count). The van der Waals surface area contributed by atoms with Crippen LogP contribution < -0.4 is 0 Å². The van der Waals surface area contributed by atoms with Gasteiger partial charge in [0.05, 0.1) is 0 Å². The van der Waals surface area contributed by atoms with Crippen LogP contribution in [0.1, 0.15) is 32.6 Å². The van der Waals surface area contributed by atoms with Gasteiger partial charge >= 0.3 is 0 Å². The van der Waals surface area contributed by atoms with Crippen molar-refractivity contribution >= 4 is 22.6 Å². The maximum absolute atomic E-state index is 2.62. The van der Waals surface area contributed by atoms with Crippen molar-refractivity contribution in [3.63, 3.8) is 0 Å². The Hall–Kier alpha value is 0.730. The first-order chi connectivity index (χ1) is 6.31. The van der Waals surface area contributed by atoms with E-state index in [0.29, 0.717) is 0 Å². The molecule has 3 aliphatic rings. The van der Waals surface area contributed by atoms with Crippen molar-refractivity contribution in [1.82, 2.24) is 0 Å². The molecule has 0 aliphatic heterocycles. The molecular weight excluding hydrogens is 271 g/mol. The summed E-state index contributed by atoms with van der Waals surface area (Å²) < 4.78 is 1.42. The molecule has 3 saturated carbocycles. The van der Waals surface area contributed by atoms with Crippen LogP contribution in [0.5, 0.6) is 0 Å². The number of rotatable bonds is 1. The molecule has 3 aliphatic carbocycles. The lowest BCUT2D eigenvalue weighted by molar-refractivity contribution is 0.201. The third-order valence-corrected chi connectivity index (χ3v) is 6.25. The van der Waals surface area contributed by atoms with E-state index in [9.17, 15) is 0 Å². The number of halogens is 1. The van der Waals surface area contributed by atoms with Crippen molar-refractivity contribution in [2.45, 2.75) is 32.6 Å². The molecule has 3 fully saturated rings. The van der Waals surface area contributed by atoms with Crippen LogP contribution in [0.25, 0.3) is 0 Å². The fraction of sp³-hybridized carbons (Fsp3) is 1.00. The third-order valence-electron chi connectivity index (χ3n) is 5.12. The molecular formula is C12H19I. The molecule has 6 atom stereocenters. The lowest BCUT2D eigenvalue weighted by atomic mass is 9.77. The van der Waals surface area contributed by atoms with Gasteiger partial charge < -0.3 is 0 Å². The summed E-state index contributed by atoms with van der Waals surface area (Å²) in [6.07, 6.45) is 6.30. The molecule has 13 heavy (non-hydrogen) atoms. The second-order valence-electron chi connectivity index (χ2n) is 5.62. The molecule has 0 aromatic rings. The molecule has 0 spiro atoms. The summed E-state index contributed by atoms with van der Waals surface area (Å²) in [5.41, 5.74) is 0. The molecule has 2 bridgehead atoms. The molecule has 0 aromatic carbocycles. The topological polar surface area (TPSA) is 0 Å². The van der Waals surface area contributed by atoms with Crippen LogP contribution in [0.2, 0.25) is 0 Å². The number of alkyl halides is 1. The number of hydrogen-bond acceptors (Lipinski definition) is 0. The average molecular weight is 290 g/mol. The van der Waals surface area contributed by atoms with E-state index in [0.717, 1.165) is 35.5 Å². The first-order valence-electron chi connectivity index (χ1n) is 5.87. The highest BCUT2D eigenvalue weighted by atomic mass is 127. The molecule has 74 valence electrons. The smallest absolute Gasteiger partial charge is 0.00266 e. The van der Waals surface area contributed by atoms with E-state index in [4.69, 9.17) is 0 Å². The fourth-order valence-corrected chi connectivity index (χ4v) is 5.83.